The number of hydrogen-bond acceptors (Lipinski definition) is 4. The number of amides is 2. The van der Waals surface area contributed by atoms with Crippen molar-refractivity contribution in [1.82, 2.24) is 10.2 Å². The number of carbonyl (C=O) groups excluding carboxylic acids is 2. The van der Waals surface area contributed by atoms with Crippen molar-refractivity contribution in [3.63, 3.8) is 0 Å². The van der Waals surface area contributed by atoms with Crippen LogP contribution in [0.1, 0.15) is 44.3 Å². The second-order valence-corrected chi connectivity index (χ2v) is 5.66. The van der Waals surface area contributed by atoms with Gasteiger partial charge in [-0.2, -0.15) is 0 Å². The first-order valence-electron chi connectivity index (χ1n) is 7.79. The number of furan rings is 1. The molecule has 0 spiro atoms. The van der Waals surface area contributed by atoms with Crippen LogP contribution in [0.25, 0.3) is 0 Å². The van der Waals surface area contributed by atoms with E-state index in [1.807, 2.05) is 26.0 Å². The maximum absolute atomic E-state index is 12.4. The summed E-state index contributed by atoms with van der Waals surface area (Å²) >= 11 is 0. The van der Waals surface area contributed by atoms with Gasteiger partial charge in [-0.15, -0.1) is 0 Å². The van der Waals surface area contributed by atoms with Crippen molar-refractivity contribution in [3.05, 3.63) is 23.7 Å². The fraction of sp³-hybridized carbons (Fsp3) is 0.625. The van der Waals surface area contributed by atoms with Crippen LogP contribution in [0.2, 0.25) is 0 Å². The van der Waals surface area contributed by atoms with Crippen LogP contribution in [-0.4, -0.2) is 36.6 Å². The monoisotopic (exact) mass is 308 g/mol. The summed E-state index contributed by atoms with van der Waals surface area (Å²) in [4.78, 5) is 25.8. The van der Waals surface area contributed by atoms with Crippen LogP contribution in [0, 0.1) is 12.8 Å². The average Bonchev–Trinajstić information content (AvgIpc) is 2.94. The first kappa shape index (κ1) is 16.4. The third-order valence-corrected chi connectivity index (χ3v) is 3.86. The van der Waals surface area contributed by atoms with Gasteiger partial charge in [-0.1, -0.05) is 0 Å². The molecule has 0 radical (unpaired) electrons. The van der Waals surface area contributed by atoms with Crippen molar-refractivity contribution in [2.75, 3.05) is 19.7 Å². The zero-order valence-electron chi connectivity index (χ0n) is 13.4. The van der Waals surface area contributed by atoms with Gasteiger partial charge in [-0.3, -0.25) is 4.79 Å². The number of piperidine rings is 1. The largest absolute Gasteiger partial charge is 0.464 e. The molecular weight excluding hydrogens is 284 g/mol. The standard InChI is InChI=1S/C16H24N2O4/c1-4-21-16(20)18-9-5-6-13(10-18)15(19)17-12(3)14-8-7-11(2)22-14/h7-8,12-13H,4-6,9-10H2,1-3H3,(H,17,19). The summed E-state index contributed by atoms with van der Waals surface area (Å²) < 4.78 is 10.5. The third kappa shape index (κ3) is 4.02. The van der Waals surface area contributed by atoms with Gasteiger partial charge in [0, 0.05) is 13.1 Å². The third-order valence-electron chi connectivity index (χ3n) is 3.86. The lowest BCUT2D eigenvalue weighted by molar-refractivity contribution is -0.127. The van der Waals surface area contributed by atoms with Crippen LogP contribution < -0.4 is 5.32 Å². The minimum Gasteiger partial charge on any atom is -0.464 e. The molecule has 1 aliphatic rings. The molecule has 1 aromatic rings. The summed E-state index contributed by atoms with van der Waals surface area (Å²) in [6, 6.07) is 3.56. The van der Waals surface area contributed by atoms with Crippen LogP contribution >= 0.6 is 0 Å². The Morgan fingerprint density at radius 1 is 1.50 bits per heavy atom. The van der Waals surface area contributed by atoms with E-state index in [1.54, 1.807) is 11.8 Å². The summed E-state index contributed by atoms with van der Waals surface area (Å²) in [6.45, 7) is 6.95. The van der Waals surface area contributed by atoms with Gasteiger partial charge in [0.25, 0.3) is 0 Å². The van der Waals surface area contributed by atoms with E-state index < -0.39 is 0 Å². The number of rotatable bonds is 4. The minimum absolute atomic E-state index is 0.0458. The highest BCUT2D eigenvalue weighted by molar-refractivity contribution is 5.80. The fourth-order valence-corrected chi connectivity index (χ4v) is 2.66. The Balaban J connectivity index is 1.90. The first-order chi connectivity index (χ1) is 10.5. The molecule has 2 atom stereocenters. The maximum Gasteiger partial charge on any atom is 0.409 e. The molecule has 22 heavy (non-hydrogen) atoms. The molecule has 0 bridgehead atoms. The van der Waals surface area contributed by atoms with E-state index in [1.165, 1.54) is 0 Å². The topological polar surface area (TPSA) is 71.8 Å². The molecule has 1 aromatic heterocycles. The minimum atomic E-state index is -0.338. The van der Waals surface area contributed by atoms with Crippen LogP contribution in [0.15, 0.2) is 16.5 Å². The predicted octanol–water partition coefficient (Wildman–Crippen LogP) is 2.63. The summed E-state index contributed by atoms with van der Waals surface area (Å²) in [5, 5.41) is 2.96. The molecule has 1 aliphatic heterocycles. The molecule has 1 saturated heterocycles. The molecule has 2 heterocycles. The number of nitrogens with zero attached hydrogens (tertiary/aromatic N) is 1. The van der Waals surface area contributed by atoms with Gasteiger partial charge in [0.05, 0.1) is 18.6 Å². The molecule has 2 amide bonds. The normalized spacial score (nSPS) is 19.6. The van der Waals surface area contributed by atoms with Crippen molar-refractivity contribution in [2.24, 2.45) is 5.92 Å². The van der Waals surface area contributed by atoms with Crippen LogP contribution in [-0.2, 0) is 9.53 Å². The SMILES string of the molecule is CCOC(=O)N1CCCC(C(=O)NC(C)c2ccc(C)o2)C1. The van der Waals surface area contributed by atoms with E-state index in [2.05, 4.69) is 5.32 Å². The van der Waals surface area contributed by atoms with Gasteiger partial charge in [0.1, 0.15) is 11.5 Å². The van der Waals surface area contributed by atoms with E-state index in [0.29, 0.717) is 19.7 Å². The zero-order valence-corrected chi connectivity index (χ0v) is 13.4. The molecular formula is C16H24N2O4. The Labute approximate surface area is 130 Å². The Morgan fingerprint density at radius 2 is 2.27 bits per heavy atom. The van der Waals surface area contributed by atoms with Crippen molar-refractivity contribution in [1.29, 1.82) is 0 Å². The van der Waals surface area contributed by atoms with Crippen molar-refractivity contribution in [2.45, 2.75) is 39.7 Å². The summed E-state index contributed by atoms with van der Waals surface area (Å²) in [5.74, 6) is 1.32. The van der Waals surface area contributed by atoms with Crippen molar-refractivity contribution >= 4 is 12.0 Å². The van der Waals surface area contributed by atoms with Crippen LogP contribution in [0.4, 0.5) is 4.79 Å². The van der Waals surface area contributed by atoms with Crippen molar-refractivity contribution in [3.8, 4) is 0 Å². The highest BCUT2D eigenvalue weighted by Crippen LogP contribution is 2.20. The quantitative estimate of drug-likeness (QED) is 0.928. The number of nitrogens with one attached hydrogen (secondary N) is 1. The van der Waals surface area contributed by atoms with Crippen molar-refractivity contribution < 1.29 is 18.7 Å². The lowest BCUT2D eigenvalue weighted by Crippen LogP contribution is -2.46. The second kappa shape index (κ2) is 7.33. The molecule has 1 N–H and O–H groups in total. The van der Waals surface area contributed by atoms with Gasteiger partial charge in [-0.05, 0) is 45.7 Å². The highest BCUT2D eigenvalue weighted by Gasteiger charge is 2.30. The number of carbonyl (C=O) groups is 2. The van der Waals surface area contributed by atoms with Crippen LogP contribution in [0.3, 0.4) is 0 Å². The molecule has 0 aromatic carbocycles. The molecule has 0 saturated carbocycles. The summed E-state index contributed by atoms with van der Waals surface area (Å²) in [5.41, 5.74) is 0. The van der Waals surface area contributed by atoms with E-state index in [9.17, 15) is 9.59 Å². The molecule has 6 heteroatoms. The van der Waals surface area contributed by atoms with Gasteiger partial charge in [-0.25, -0.2) is 4.79 Å². The van der Waals surface area contributed by atoms with E-state index in [0.717, 1.165) is 24.4 Å². The first-order valence-corrected chi connectivity index (χ1v) is 7.79. The number of ether oxygens (including phenoxy) is 1. The molecule has 122 valence electrons. The Kier molecular flexibility index (Phi) is 5.46. The number of aryl methyl sites for hydroxylation is 1. The molecule has 2 unspecified atom stereocenters. The lowest BCUT2D eigenvalue weighted by Gasteiger charge is -2.31. The Hall–Kier alpha value is -1.98. The van der Waals surface area contributed by atoms with Gasteiger partial charge in [0.2, 0.25) is 5.91 Å². The smallest absolute Gasteiger partial charge is 0.409 e. The second-order valence-electron chi connectivity index (χ2n) is 5.66. The van der Waals surface area contributed by atoms with Gasteiger partial charge < -0.3 is 19.4 Å². The highest BCUT2D eigenvalue weighted by atomic mass is 16.6. The summed E-state index contributed by atoms with van der Waals surface area (Å²) in [7, 11) is 0. The number of likely N-dealkylation sites (tertiary alicyclic amines) is 1. The Morgan fingerprint density at radius 3 is 2.91 bits per heavy atom. The van der Waals surface area contributed by atoms with Crippen LogP contribution in [0.5, 0.6) is 0 Å². The fourth-order valence-electron chi connectivity index (χ4n) is 2.66. The molecule has 2 rings (SSSR count). The molecule has 0 aliphatic carbocycles. The zero-order chi connectivity index (χ0) is 16.1. The summed E-state index contributed by atoms with van der Waals surface area (Å²) in [6.07, 6.45) is 1.26. The lowest BCUT2D eigenvalue weighted by atomic mass is 9.97. The predicted molar refractivity (Wildman–Crippen MR) is 81.3 cm³/mol. The van der Waals surface area contributed by atoms with E-state index in [-0.39, 0.29) is 24.0 Å². The molecule has 6 nitrogen and oxygen atoms in total. The Bertz CT molecular complexity index is 526. The van der Waals surface area contributed by atoms with Gasteiger partial charge >= 0.3 is 6.09 Å². The molecule has 1 fully saturated rings. The van der Waals surface area contributed by atoms with E-state index in [4.69, 9.17) is 9.15 Å². The maximum atomic E-state index is 12.4. The van der Waals surface area contributed by atoms with Gasteiger partial charge in [0.15, 0.2) is 0 Å². The number of hydrogen-bond donors (Lipinski definition) is 1. The van der Waals surface area contributed by atoms with E-state index >= 15 is 0 Å². The average molecular weight is 308 g/mol.